The summed E-state index contributed by atoms with van der Waals surface area (Å²) in [5, 5.41) is 46.6. The normalized spacial score (nSPS) is 33.4. The number of methoxy groups -OCH3 is 1. The first-order valence-electron chi connectivity index (χ1n) is 24.0. The molecule has 2 aromatic carbocycles. The fourth-order valence-corrected chi connectivity index (χ4v) is 9.36. The van der Waals surface area contributed by atoms with Crippen molar-refractivity contribution in [2.24, 2.45) is 28.8 Å². The van der Waals surface area contributed by atoms with Crippen molar-refractivity contribution in [3.05, 3.63) is 60.2 Å². The number of ether oxygens (including phenoxy) is 5. The monoisotopic (exact) mass is 927 g/mol. The number of cyclic esters (lactones) is 1. The number of Topliss-reactive ketones (excluding diaryl/α,β-unsaturated/α-hetero) is 1. The van der Waals surface area contributed by atoms with Gasteiger partial charge in [-0.1, -0.05) is 87.4 Å². The van der Waals surface area contributed by atoms with Crippen LogP contribution in [0, 0.1) is 23.7 Å². The molecule has 15 heteroatoms. The molecule has 0 aliphatic carbocycles. The summed E-state index contributed by atoms with van der Waals surface area (Å²) in [6.07, 6.45) is -3.31. The highest BCUT2D eigenvalue weighted by Gasteiger charge is 2.51. The number of ketones is 1. The molecule has 5 N–H and O–H groups in total. The second kappa shape index (κ2) is 26.4. The van der Waals surface area contributed by atoms with E-state index in [1.54, 1.807) is 20.8 Å². The topological polar surface area (TPSA) is 190 Å². The molecule has 2 heterocycles. The number of nitrogens with zero attached hydrogens (tertiary/aromatic N) is 2. The maximum absolute atomic E-state index is 14.2. The molecule has 2 aliphatic heterocycles. The number of rotatable bonds is 20. The largest absolute Gasteiger partial charge is 0.459 e. The Balaban J connectivity index is 1.36. The highest BCUT2D eigenvalue weighted by molar-refractivity contribution is 6.00. The van der Waals surface area contributed by atoms with Crippen LogP contribution in [0.1, 0.15) is 93.1 Å². The predicted octanol–water partition coefficient (Wildman–Crippen LogP) is 5.37. The zero-order chi connectivity index (χ0) is 48.6. The number of oxime groups is 1. The number of likely N-dealkylation sites (N-methyl/N-ethyl adjacent to an activating group) is 1. The molecule has 2 aromatic rings. The Morgan fingerprint density at radius 3 is 2.12 bits per heavy atom. The number of nitrogens with one attached hydrogen (secondary N) is 2. The lowest BCUT2D eigenvalue weighted by atomic mass is 9.74. The Morgan fingerprint density at radius 2 is 1.50 bits per heavy atom. The first-order chi connectivity index (χ1) is 31.4. The lowest BCUT2D eigenvalue weighted by Crippen LogP contribution is -2.60. The third-order valence-electron chi connectivity index (χ3n) is 13.6. The molecule has 0 aromatic heterocycles. The van der Waals surface area contributed by atoms with Gasteiger partial charge in [0.05, 0.1) is 29.6 Å². The quantitative estimate of drug-likeness (QED) is 0.0494. The highest BCUT2D eigenvalue weighted by atomic mass is 16.7. The average Bonchev–Trinajstić information content (AvgIpc) is 3.30. The van der Waals surface area contributed by atoms with E-state index in [4.69, 9.17) is 28.5 Å². The van der Waals surface area contributed by atoms with Crippen LogP contribution in [-0.4, -0.2) is 152 Å². The average molecular weight is 927 g/mol. The maximum Gasteiger partial charge on any atom is 0.316 e. The summed E-state index contributed by atoms with van der Waals surface area (Å²) in [7, 11) is 5.29. The van der Waals surface area contributed by atoms with Crippen LogP contribution in [0.4, 0.5) is 0 Å². The fourth-order valence-electron chi connectivity index (χ4n) is 9.36. The molecule has 0 saturated carbocycles. The van der Waals surface area contributed by atoms with Crippen LogP contribution in [-0.2, 0) is 44.7 Å². The summed E-state index contributed by atoms with van der Waals surface area (Å²) in [6.45, 7) is 18.1. The van der Waals surface area contributed by atoms with E-state index in [-0.39, 0.29) is 31.6 Å². The van der Waals surface area contributed by atoms with Gasteiger partial charge in [-0.05, 0) is 104 Å². The molecule has 2 aliphatic rings. The molecule has 0 spiro atoms. The molecular weight excluding hydrogens is 845 g/mol. The van der Waals surface area contributed by atoms with Crippen LogP contribution in [0.3, 0.4) is 0 Å². The van der Waals surface area contributed by atoms with Gasteiger partial charge in [0.1, 0.15) is 30.3 Å². The zero-order valence-electron chi connectivity index (χ0n) is 41.5. The van der Waals surface area contributed by atoms with E-state index < -0.39 is 77.3 Å². The van der Waals surface area contributed by atoms with Gasteiger partial charge in [0.2, 0.25) is 0 Å². The van der Waals surface area contributed by atoms with E-state index in [0.717, 1.165) is 32.5 Å². The molecule has 0 amide bonds. The first kappa shape index (κ1) is 55.2. The number of aliphatic hydroxyl groups excluding tert-OH is 2. The van der Waals surface area contributed by atoms with Crippen LogP contribution < -0.4 is 10.6 Å². The lowest BCUT2D eigenvalue weighted by Gasteiger charge is -2.47. The van der Waals surface area contributed by atoms with Crippen LogP contribution in [0.2, 0.25) is 0 Å². The van der Waals surface area contributed by atoms with Gasteiger partial charge in [0, 0.05) is 57.2 Å². The summed E-state index contributed by atoms with van der Waals surface area (Å²) in [5.74, 6) is -4.71. The molecule has 0 bridgehead atoms. The summed E-state index contributed by atoms with van der Waals surface area (Å²) in [5.41, 5.74) is 0.971. The summed E-state index contributed by atoms with van der Waals surface area (Å²) < 4.78 is 30.8. The maximum atomic E-state index is 14.2. The Hall–Kier alpha value is -3.35. The van der Waals surface area contributed by atoms with Gasteiger partial charge in [-0.25, -0.2) is 0 Å². The Morgan fingerprint density at radius 1 is 0.864 bits per heavy atom. The minimum absolute atomic E-state index is 0.173. The summed E-state index contributed by atoms with van der Waals surface area (Å²) in [4.78, 5) is 35.7. The van der Waals surface area contributed by atoms with Crippen LogP contribution in [0.25, 0.3) is 11.1 Å². The standard InChI is InChI=1S/C51H82N4O11/c1-12-42-51(8,60)46(58)35(4)43(54-63-29-26-52-24-16-27-62-28-17-25-53-32-38-20-22-40(23-21-38)39-18-14-13-15-19-39)33(2)31-50(7,61-11)47(36(5)44(56)37(6)48(59)65-42)66-49-45(57)41(55(9)10)30-34(3)64-49/h13-15,18-23,33-37,41-42,45-47,49,52-53,57-58,60H,12,16-17,24-32H2,1-11H3/b54-43+/t33-,34-,35+,36+,37-,41+,42+,45-,46-,47-,49+,50+,51-/m1/s1. The third kappa shape index (κ3) is 15.1. The van der Waals surface area contributed by atoms with Gasteiger partial charge in [0.15, 0.2) is 12.1 Å². The van der Waals surface area contributed by atoms with Crippen molar-refractivity contribution in [2.45, 2.75) is 148 Å². The lowest BCUT2D eigenvalue weighted by molar-refractivity contribution is -0.295. The van der Waals surface area contributed by atoms with Gasteiger partial charge in [-0.2, -0.15) is 0 Å². The van der Waals surface area contributed by atoms with Crippen molar-refractivity contribution < 1.29 is 53.4 Å². The van der Waals surface area contributed by atoms with Crippen molar-refractivity contribution in [1.82, 2.24) is 15.5 Å². The van der Waals surface area contributed by atoms with E-state index in [1.165, 1.54) is 37.6 Å². The number of hydrogen-bond acceptors (Lipinski definition) is 15. The summed E-state index contributed by atoms with van der Waals surface area (Å²) >= 11 is 0. The molecule has 0 radical (unpaired) electrons. The van der Waals surface area contributed by atoms with Crippen molar-refractivity contribution in [3.8, 4) is 11.1 Å². The van der Waals surface area contributed by atoms with Gasteiger partial charge >= 0.3 is 5.97 Å². The van der Waals surface area contributed by atoms with Crippen molar-refractivity contribution >= 4 is 17.5 Å². The number of hydrogen-bond donors (Lipinski definition) is 5. The second-order valence-corrected chi connectivity index (χ2v) is 19.1. The van der Waals surface area contributed by atoms with Gasteiger partial charge < -0.3 is 59.4 Å². The minimum atomic E-state index is -1.91. The van der Waals surface area contributed by atoms with E-state index in [9.17, 15) is 24.9 Å². The van der Waals surface area contributed by atoms with Crippen LogP contribution in [0.15, 0.2) is 59.8 Å². The Labute approximate surface area is 394 Å². The molecule has 0 unspecified atom stereocenters. The predicted molar refractivity (Wildman–Crippen MR) is 256 cm³/mol. The van der Waals surface area contributed by atoms with Crippen molar-refractivity contribution in [3.63, 3.8) is 0 Å². The number of carbonyl (C=O) groups excluding carboxylic acids is 2. The number of esters is 1. The molecule has 2 fully saturated rings. The minimum Gasteiger partial charge on any atom is -0.459 e. The molecule has 2 saturated heterocycles. The number of carbonyl (C=O) groups is 2. The molecule has 4 rings (SSSR count). The van der Waals surface area contributed by atoms with Crippen molar-refractivity contribution in [2.75, 3.05) is 60.7 Å². The Kier molecular flexibility index (Phi) is 22.1. The second-order valence-electron chi connectivity index (χ2n) is 19.1. The number of benzene rings is 2. The molecule has 13 atom stereocenters. The highest BCUT2D eigenvalue weighted by Crippen LogP contribution is 2.38. The smallest absolute Gasteiger partial charge is 0.316 e. The Bertz CT molecular complexity index is 1780. The summed E-state index contributed by atoms with van der Waals surface area (Å²) in [6, 6.07) is 18.7. The van der Waals surface area contributed by atoms with E-state index in [0.29, 0.717) is 31.9 Å². The van der Waals surface area contributed by atoms with E-state index >= 15 is 0 Å². The molecule has 372 valence electrons. The molecule has 66 heavy (non-hydrogen) atoms. The zero-order valence-corrected chi connectivity index (χ0v) is 41.5. The van der Waals surface area contributed by atoms with Gasteiger partial charge in [-0.3, -0.25) is 9.59 Å². The third-order valence-corrected chi connectivity index (χ3v) is 13.6. The van der Waals surface area contributed by atoms with Gasteiger partial charge in [0.25, 0.3) is 0 Å². The van der Waals surface area contributed by atoms with Crippen LogP contribution in [0.5, 0.6) is 0 Å². The van der Waals surface area contributed by atoms with E-state index in [1.807, 2.05) is 45.8 Å². The number of aliphatic hydroxyl groups is 3. The van der Waals surface area contributed by atoms with Gasteiger partial charge in [-0.15, -0.1) is 0 Å². The van der Waals surface area contributed by atoms with Crippen LogP contribution >= 0.6 is 0 Å². The van der Waals surface area contributed by atoms with E-state index in [2.05, 4.69) is 64.3 Å². The first-order valence-corrected chi connectivity index (χ1v) is 24.0. The molecule has 15 nitrogen and oxygen atoms in total. The van der Waals surface area contributed by atoms with Crippen molar-refractivity contribution in [1.29, 1.82) is 0 Å². The molecular formula is C51H82N4O11. The fraction of sp³-hybridized carbons (Fsp3) is 0.706. The SMILES string of the molecule is CC[C@@H]1OC(=O)[C@H](C)C(=O)[C@H](C)[C@@H](O[C@@H]2O[C@H](C)C[C@H](N(C)C)[C@H]2O)[C@@](C)(OC)C[C@@H](C)/C(=N\OCCNCCCOCCCNCc2ccc(-c3ccccc3)cc2)[C@H](C)[C@@H](O)[C@]1(C)O.